The number of carbonyl (C=O) groups excluding carboxylic acids is 3. The lowest BCUT2D eigenvalue weighted by molar-refractivity contribution is -0.161. The molecule has 0 saturated heterocycles. The molecular formula is C12H16O10. The third kappa shape index (κ3) is 11.2. The Hall–Kier alpha value is -2.65. The van der Waals surface area contributed by atoms with E-state index in [1.807, 2.05) is 0 Å². The van der Waals surface area contributed by atoms with Crippen LogP contribution in [0.15, 0.2) is 0 Å². The average Bonchev–Trinajstić information content (AvgIpc) is 2.45. The smallest absolute Gasteiger partial charge is 0.306 e. The van der Waals surface area contributed by atoms with Gasteiger partial charge in [-0.15, -0.1) is 0 Å². The largest absolute Gasteiger partial charge is 0.481 e. The maximum absolute atomic E-state index is 11.2. The summed E-state index contributed by atoms with van der Waals surface area (Å²) in [5.74, 6) is -3.94. The first-order valence-corrected chi connectivity index (χ1v) is 6.19. The van der Waals surface area contributed by atoms with Crippen molar-refractivity contribution in [1.82, 2.24) is 0 Å². The van der Waals surface area contributed by atoms with Crippen LogP contribution in [0.1, 0.15) is 25.7 Å². The highest BCUT2D eigenvalue weighted by Crippen LogP contribution is 2.00. The zero-order valence-electron chi connectivity index (χ0n) is 11.6. The second-order valence-electron chi connectivity index (χ2n) is 4.01. The summed E-state index contributed by atoms with van der Waals surface area (Å²) >= 11 is 0. The number of carboxylic acids is 2. The lowest BCUT2D eigenvalue weighted by Crippen LogP contribution is -2.28. The van der Waals surface area contributed by atoms with Gasteiger partial charge in [0.1, 0.15) is 13.2 Å². The van der Waals surface area contributed by atoms with Crippen molar-refractivity contribution in [3.8, 4) is 0 Å². The van der Waals surface area contributed by atoms with Crippen LogP contribution >= 0.6 is 0 Å². The molecule has 0 fully saturated rings. The second kappa shape index (κ2) is 11.1. The lowest BCUT2D eigenvalue weighted by Gasteiger charge is -2.15. The molecule has 10 nitrogen and oxygen atoms in total. The predicted octanol–water partition coefficient (Wildman–Crippen LogP) is -0.656. The van der Waals surface area contributed by atoms with Gasteiger partial charge in [0.15, 0.2) is 6.10 Å². The van der Waals surface area contributed by atoms with Gasteiger partial charge in [-0.25, -0.2) is 0 Å². The van der Waals surface area contributed by atoms with E-state index >= 15 is 0 Å². The number of hydrogen-bond acceptors (Lipinski definition) is 8. The molecule has 0 amide bonds. The van der Waals surface area contributed by atoms with Crippen molar-refractivity contribution in [3.63, 3.8) is 0 Å². The minimum atomic E-state index is -1.16. The lowest BCUT2D eigenvalue weighted by atomic mass is 10.3. The first-order valence-electron chi connectivity index (χ1n) is 6.19. The fraction of sp³-hybridized carbons (Fsp3) is 0.583. The van der Waals surface area contributed by atoms with Gasteiger partial charge in [0.05, 0.1) is 25.7 Å². The quantitative estimate of drug-likeness (QED) is 0.269. The van der Waals surface area contributed by atoms with Crippen molar-refractivity contribution < 1.29 is 48.4 Å². The van der Waals surface area contributed by atoms with E-state index in [-0.39, 0.29) is 19.3 Å². The molecule has 0 bridgehead atoms. The van der Waals surface area contributed by atoms with Crippen LogP contribution in [0.4, 0.5) is 0 Å². The maximum Gasteiger partial charge on any atom is 0.306 e. The molecule has 0 aliphatic heterocycles. The second-order valence-corrected chi connectivity index (χ2v) is 4.01. The van der Waals surface area contributed by atoms with Crippen molar-refractivity contribution in [2.24, 2.45) is 0 Å². The molecule has 0 unspecified atom stereocenters. The van der Waals surface area contributed by atoms with Crippen molar-refractivity contribution in [3.05, 3.63) is 0 Å². The fourth-order valence-corrected chi connectivity index (χ4v) is 1.14. The van der Waals surface area contributed by atoms with Crippen LogP contribution in [0.5, 0.6) is 0 Å². The van der Waals surface area contributed by atoms with Crippen LogP contribution in [-0.4, -0.2) is 59.9 Å². The van der Waals surface area contributed by atoms with Crippen molar-refractivity contribution in [2.75, 3.05) is 13.2 Å². The van der Waals surface area contributed by atoms with E-state index in [9.17, 15) is 24.0 Å². The minimum absolute atomic E-state index is 0.0703. The summed E-state index contributed by atoms with van der Waals surface area (Å²) < 4.78 is 13.9. The Morgan fingerprint density at radius 2 is 1.23 bits per heavy atom. The molecule has 0 saturated carbocycles. The molecule has 124 valence electrons. The molecule has 2 N–H and O–H groups in total. The van der Waals surface area contributed by atoms with Gasteiger partial charge >= 0.3 is 23.9 Å². The molecule has 0 spiro atoms. The van der Waals surface area contributed by atoms with E-state index in [1.165, 1.54) is 0 Å². The highest BCUT2D eigenvalue weighted by molar-refractivity contribution is 5.77. The fourth-order valence-electron chi connectivity index (χ4n) is 1.14. The highest BCUT2D eigenvalue weighted by Gasteiger charge is 2.16. The molecule has 0 aromatic heterocycles. The van der Waals surface area contributed by atoms with E-state index in [2.05, 4.69) is 14.2 Å². The molecular weight excluding hydrogens is 304 g/mol. The Morgan fingerprint density at radius 1 is 0.818 bits per heavy atom. The number of aliphatic carboxylic acids is 2. The van der Waals surface area contributed by atoms with Gasteiger partial charge in [-0.05, 0) is 0 Å². The minimum Gasteiger partial charge on any atom is -0.481 e. The van der Waals surface area contributed by atoms with Gasteiger partial charge in [-0.3, -0.25) is 24.0 Å². The van der Waals surface area contributed by atoms with Crippen molar-refractivity contribution in [2.45, 2.75) is 31.8 Å². The first-order chi connectivity index (χ1) is 10.3. The molecule has 0 aliphatic carbocycles. The number of esters is 2. The normalized spacial score (nSPS) is 9.86. The molecule has 0 aromatic carbocycles. The van der Waals surface area contributed by atoms with Crippen LogP contribution < -0.4 is 0 Å². The zero-order valence-corrected chi connectivity index (χ0v) is 11.6. The van der Waals surface area contributed by atoms with Crippen molar-refractivity contribution >= 4 is 30.3 Å². The summed E-state index contributed by atoms with van der Waals surface area (Å²) in [6, 6.07) is 0. The summed E-state index contributed by atoms with van der Waals surface area (Å²) in [5.41, 5.74) is 0. The van der Waals surface area contributed by atoms with Crippen LogP contribution in [-0.2, 0) is 38.2 Å². The SMILES string of the molecule is O=COC(COC(=O)CCC(=O)O)COC(=O)CCC(=O)O. The third-order valence-electron chi connectivity index (χ3n) is 2.19. The maximum atomic E-state index is 11.2. The number of carboxylic acid groups (broad SMARTS) is 2. The van der Waals surface area contributed by atoms with Gasteiger partial charge in [-0.1, -0.05) is 0 Å². The van der Waals surface area contributed by atoms with E-state index in [0.29, 0.717) is 0 Å². The Kier molecular flexibility index (Phi) is 9.73. The van der Waals surface area contributed by atoms with E-state index in [0.717, 1.165) is 0 Å². The first kappa shape index (κ1) is 19.4. The molecule has 0 radical (unpaired) electrons. The molecule has 22 heavy (non-hydrogen) atoms. The van der Waals surface area contributed by atoms with Gasteiger partial charge in [-0.2, -0.15) is 0 Å². The van der Waals surface area contributed by atoms with Crippen LogP contribution in [0.2, 0.25) is 0 Å². The molecule has 10 heteroatoms. The highest BCUT2D eigenvalue weighted by atomic mass is 16.6. The summed E-state index contributed by atoms with van der Waals surface area (Å²) in [6.45, 7) is -0.756. The third-order valence-corrected chi connectivity index (χ3v) is 2.19. The number of carbonyl (C=O) groups is 5. The Labute approximate surface area is 124 Å². The molecule has 0 aromatic rings. The molecule has 0 aliphatic rings. The summed E-state index contributed by atoms with van der Waals surface area (Å²) in [5, 5.41) is 16.8. The van der Waals surface area contributed by atoms with Crippen LogP contribution in [0.3, 0.4) is 0 Å². The molecule has 0 rings (SSSR count). The van der Waals surface area contributed by atoms with Gasteiger partial charge < -0.3 is 24.4 Å². The van der Waals surface area contributed by atoms with E-state index < -0.39 is 56.0 Å². The zero-order chi connectivity index (χ0) is 17.0. The Bertz CT molecular complexity index is 382. The number of ether oxygens (including phenoxy) is 3. The average molecular weight is 320 g/mol. The van der Waals surface area contributed by atoms with Gasteiger partial charge in [0.2, 0.25) is 0 Å². The van der Waals surface area contributed by atoms with Crippen LogP contribution in [0, 0.1) is 0 Å². The molecule has 0 atom stereocenters. The summed E-state index contributed by atoms with van der Waals surface area (Å²) in [6.07, 6.45) is -2.55. The summed E-state index contributed by atoms with van der Waals surface area (Å²) in [4.78, 5) is 53.1. The standard InChI is InChI=1S/C12H16O10/c13-7-22-8(5-20-11(18)3-1-9(14)15)6-21-12(19)4-2-10(16)17/h7-8H,1-6H2,(H,14,15)(H,16,17). The summed E-state index contributed by atoms with van der Waals surface area (Å²) in [7, 11) is 0. The van der Waals surface area contributed by atoms with E-state index in [4.69, 9.17) is 10.2 Å². The number of hydrogen-bond donors (Lipinski definition) is 2. The molecule has 0 heterocycles. The van der Waals surface area contributed by atoms with Crippen LogP contribution in [0.25, 0.3) is 0 Å². The van der Waals surface area contributed by atoms with Gasteiger partial charge in [0, 0.05) is 0 Å². The van der Waals surface area contributed by atoms with E-state index in [1.54, 1.807) is 0 Å². The topological polar surface area (TPSA) is 154 Å². The Balaban J connectivity index is 4.06. The van der Waals surface area contributed by atoms with Gasteiger partial charge in [0.25, 0.3) is 6.47 Å². The van der Waals surface area contributed by atoms with Crippen molar-refractivity contribution in [1.29, 1.82) is 0 Å². The monoisotopic (exact) mass is 320 g/mol. The Morgan fingerprint density at radius 3 is 1.55 bits per heavy atom. The number of rotatable bonds is 12. The predicted molar refractivity (Wildman–Crippen MR) is 66.6 cm³/mol.